The monoisotopic (exact) mass is 345 g/mol. The van der Waals surface area contributed by atoms with Gasteiger partial charge in [-0.3, -0.25) is 9.89 Å². The first-order valence-corrected chi connectivity index (χ1v) is 8.08. The lowest BCUT2D eigenvalue weighted by Crippen LogP contribution is -2.43. The maximum Gasteiger partial charge on any atom is 0.318 e. The van der Waals surface area contributed by atoms with Gasteiger partial charge in [-0.15, -0.1) is 0 Å². The van der Waals surface area contributed by atoms with E-state index in [9.17, 15) is 14.0 Å². The number of hydrogen-bond acceptors (Lipinski definition) is 3. The molecule has 1 aromatic heterocycles. The minimum absolute atomic E-state index is 0.230. The number of rotatable bonds is 3. The normalized spacial score (nSPS) is 14.6. The Hall–Kier alpha value is -2.90. The Morgan fingerprint density at radius 1 is 1.32 bits per heavy atom. The Balaban J connectivity index is 1.69. The molecule has 7 nitrogen and oxygen atoms in total. The van der Waals surface area contributed by atoms with Gasteiger partial charge < -0.3 is 15.5 Å². The highest BCUT2D eigenvalue weighted by molar-refractivity contribution is 5.94. The number of H-pyrrole nitrogens is 1. The number of aromatic nitrogens is 2. The SMILES string of the molecule is CNC(=O)c1n[nH]c2c1CN(C(=O)N[C@@H](C)c1ccc(F)cc1)CC2. The van der Waals surface area contributed by atoms with Crippen LogP contribution in [0.5, 0.6) is 0 Å². The van der Waals surface area contributed by atoms with Crippen molar-refractivity contribution in [2.75, 3.05) is 13.6 Å². The molecule has 0 spiro atoms. The Bertz CT molecular complexity index is 787. The van der Waals surface area contributed by atoms with Crippen LogP contribution in [-0.2, 0) is 13.0 Å². The summed E-state index contributed by atoms with van der Waals surface area (Å²) in [7, 11) is 1.54. The number of carbonyl (C=O) groups is 2. The number of nitrogens with one attached hydrogen (secondary N) is 3. The van der Waals surface area contributed by atoms with Crippen molar-refractivity contribution < 1.29 is 14.0 Å². The summed E-state index contributed by atoms with van der Waals surface area (Å²) in [6.07, 6.45) is 0.609. The Morgan fingerprint density at radius 3 is 2.72 bits per heavy atom. The molecule has 25 heavy (non-hydrogen) atoms. The average Bonchev–Trinajstić information content (AvgIpc) is 3.04. The zero-order chi connectivity index (χ0) is 18.0. The number of aromatic amines is 1. The third-order valence-corrected chi connectivity index (χ3v) is 4.37. The van der Waals surface area contributed by atoms with Crippen LogP contribution in [0.25, 0.3) is 0 Å². The molecule has 2 heterocycles. The highest BCUT2D eigenvalue weighted by Crippen LogP contribution is 2.21. The van der Waals surface area contributed by atoms with Crippen molar-refractivity contribution in [1.82, 2.24) is 25.7 Å². The third kappa shape index (κ3) is 3.47. The highest BCUT2D eigenvalue weighted by Gasteiger charge is 2.28. The molecule has 1 aromatic carbocycles. The van der Waals surface area contributed by atoms with E-state index in [4.69, 9.17) is 0 Å². The summed E-state index contributed by atoms with van der Waals surface area (Å²) in [5.74, 6) is -0.591. The molecular weight excluding hydrogens is 325 g/mol. The summed E-state index contributed by atoms with van der Waals surface area (Å²) in [6.45, 7) is 2.69. The van der Waals surface area contributed by atoms with Crippen LogP contribution in [0.4, 0.5) is 9.18 Å². The predicted octanol–water partition coefficient (Wildman–Crippen LogP) is 1.74. The van der Waals surface area contributed by atoms with Gasteiger partial charge in [0.05, 0.1) is 12.6 Å². The van der Waals surface area contributed by atoms with Crippen LogP contribution in [0.2, 0.25) is 0 Å². The molecule has 0 radical (unpaired) electrons. The second-order valence-corrected chi connectivity index (χ2v) is 6.00. The minimum Gasteiger partial charge on any atom is -0.354 e. The summed E-state index contributed by atoms with van der Waals surface area (Å²) in [5.41, 5.74) is 2.77. The molecule has 3 N–H and O–H groups in total. The number of carbonyl (C=O) groups excluding carboxylic acids is 2. The maximum absolute atomic E-state index is 13.0. The van der Waals surface area contributed by atoms with E-state index in [1.807, 2.05) is 6.92 Å². The standard InChI is InChI=1S/C17H20FN5O2/c1-10(11-3-5-12(18)6-4-11)20-17(25)23-8-7-14-13(9-23)15(22-21-14)16(24)19-2/h3-6,10H,7-9H2,1-2H3,(H,19,24)(H,20,25)(H,21,22)/t10-/m0/s1. The maximum atomic E-state index is 13.0. The number of amides is 3. The zero-order valence-corrected chi connectivity index (χ0v) is 14.1. The fourth-order valence-electron chi connectivity index (χ4n) is 2.89. The van der Waals surface area contributed by atoms with Crippen LogP contribution >= 0.6 is 0 Å². The summed E-state index contributed by atoms with van der Waals surface area (Å²) in [5, 5.41) is 12.4. The molecule has 1 aliphatic heterocycles. The molecular formula is C17H20FN5O2. The number of urea groups is 1. The van der Waals surface area contributed by atoms with E-state index in [-0.39, 0.29) is 23.8 Å². The molecule has 0 aliphatic carbocycles. The van der Waals surface area contributed by atoms with Crippen molar-refractivity contribution in [3.63, 3.8) is 0 Å². The molecule has 0 saturated carbocycles. The molecule has 2 aromatic rings. The van der Waals surface area contributed by atoms with Crippen LogP contribution in [0.1, 0.15) is 40.3 Å². The summed E-state index contributed by atoms with van der Waals surface area (Å²) < 4.78 is 13.0. The van der Waals surface area contributed by atoms with Gasteiger partial charge in [0.15, 0.2) is 5.69 Å². The van der Waals surface area contributed by atoms with Crippen molar-refractivity contribution in [2.24, 2.45) is 0 Å². The minimum atomic E-state index is -0.312. The fraction of sp³-hybridized carbons (Fsp3) is 0.353. The molecule has 1 aliphatic rings. The van der Waals surface area contributed by atoms with Gasteiger partial charge in [-0.2, -0.15) is 5.10 Å². The van der Waals surface area contributed by atoms with Gasteiger partial charge in [0.25, 0.3) is 5.91 Å². The van der Waals surface area contributed by atoms with Crippen molar-refractivity contribution in [3.05, 3.63) is 52.6 Å². The van der Waals surface area contributed by atoms with Gasteiger partial charge in [-0.1, -0.05) is 12.1 Å². The van der Waals surface area contributed by atoms with E-state index in [0.717, 1.165) is 16.8 Å². The van der Waals surface area contributed by atoms with Crippen molar-refractivity contribution in [2.45, 2.75) is 25.9 Å². The lowest BCUT2D eigenvalue weighted by atomic mass is 10.1. The average molecular weight is 345 g/mol. The van der Waals surface area contributed by atoms with Crippen LogP contribution in [0, 0.1) is 5.82 Å². The van der Waals surface area contributed by atoms with Crippen molar-refractivity contribution in [1.29, 1.82) is 0 Å². The molecule has 0 fully saturated rings. The second kappa shape index (κ2) is 6.92. The smallest absolute Gasteiger partial charge is 0.318 e. The van der Waals surface area contributed by atoms with Crippen molar-refractivity contribution in [3.8, 4) is 0 Å². The number of nitrogens with zero attached hydrogens (tertiary/aromatic N) is 2. The topological polar surface area (TPSA) is 90.1 Å². The summed E-state index contributed by atoms with van der Waals surface area (Å²) >= 11 is 0. The van der Waals surface area contributed by atoms with Crippen LogP contribution in [-0.4, -0.2) is 40.6 Å². The lowest BCUT2D eigenvalue weighted by Gasteiger charge is -2.28. The number of fused-ring (bicyclic) bond motifs is 1. The van der Waals surface area contributed by atoms with E-state index in [1.165, 1.54) is 12.1 Å². The fourth-order valence-corrected chi connectivity index (χ4v) is 2.89. The number of halogens is 1. The van der Waals surface area contributed by atoms with Crippen molar-refractivity contribution >= 4 is 11.9 Å². The van der Waals surface area contributed by atoms with E-state index < -0.39 is 0 Å². The van der Waals surface area contributed by atoms with Gasteiger partial charge in [-0.25, -0.2) is 9.18 Å². The first-order chi connectivity index (χ1) is 12.0. The van der Waals surface area contributed by atoms with Gasteiger partial charge in [0, 0.05) is 31.3 Å². The Morgan fingerprint density at radius 2 is 2.04 bits per heavy atom. The summed E-state index contributed by atoms with van der Waals surface area (Å²) in [6, 6.07) is 5.55. The summed E-state index contributed by atoms with van der Waals surface area (Å²) in [4.78, 5) is 26.1. The number of benzene rings is 1. The van der Waals surface area contributed by atoms with Gasteiger partial charge >= 0.3 is 6.03 Å². The van der Waals surface area contributed by atoms with E-state index >= 15 is 0 Å². The van der Waals surface area contributed by atoms with Gasteiger partial charge in [0.1, 0.15) is 5.82 Å². The lowest BCUT2D eigenvalue weighted by molar-refractivity contribution is 0.0955. The zero-order valence-electron chi connectivity index (χ0n) is 14.1. The van der Waals surface area contributed by atoms with Crippen LogP contribution < -0.4 is 10.6 Å². The van der Waals surface area contributed by atoms with E-state index in [1.54, 1.807) is 24.1 Å². The van der Waals surface area contributed by atoms with Gasteiger partial charge in [0.2, 0.25) is 0 Å². The second-order valence-electron chi connectivity index (χ2n) is 6.00. The van der Waals surface area contributed by atoms with E-state index in [2.05, 4.69) is 20.8 Å². The number of hydrogen-bond donors (Lipinski definition) is 3. The molecule has 0 saturated heterocycles. The van der Waals surface area contributed by atoms with Gasteiger partial charge in [-0.05, 0) is 24.6 Å². The molecule has 1 atom stereocenters. The molecule has 0 bridgehead atoms. The third-order valence-electron chi connectivity index (χ3n) is 4.37. The molecule has 132 valence electrons. The predicted molar refractivity (Wildman–Crippen MR) is 89.4 cm³/mol. The Kier molecular flexibility index (Phi) is 4.69. The first kappa shape index (κ1) is 16.9. The van der Waals surface area contributed by atoms with Crippen LogP contribution in [0.15, 0.2) is 24.3 Å². The largest absolute Gasteiger partial charge is 0.354 e. The molecule has 8 heteroatoms. The molecule has 3 amide bonds. The first-order valence-electron chi connectivity index (χ1n) is 8.08. The van der Waals surface area contributed by atoms with Crippen LogP contribution in [0.3, 0.4) is 0 Å². The quantitative estimate of drug-likeness (QED) is 0.791. The van der Waals surface area contributed by atoms with E-state index in [0.29, 0.717) is 25.2 Å². The highest BCUT2D eigenvalue weighted by atomic mass is 19.1. The molecule has 0 unspecified atom stereocenters. The Labute approximate surface area is 144 Å². The molecule has 3 rings (SSSR count).